The quantitative estimate of drug-likeness (QED) is 0.155. The van der Waals surface area contributed by atoms with Crippen molar-refractivity contribution in [3.8, 4) is 0 Å². The van der Waals surface area contributed by atoms with Crippen LogP contribution in [0, 0.1) is 0 Å². The molecule has 0 radical (unpaired) electrons. The summed E-state index contributed by atoms with van der Waals surface area (Å²) < 4.78 is 0. The second kappa shape index (κ2) is 23.0. The molecule has 5 nitrogen and oxygen atoms in total. The summed E-state index contributed by atoms with van der Waals surface area (Å²) in [5, 5.41) is 7.02. The van der Waals surface area contributed by atoms with Crippen molar-refractivity contribution in [1.29, 1.82) is 0 Å². The van der Waals surface area contributed by atoms with Crippen molar-refractivity contribution in [2.24, 2.45) is 5.73 Å². The van der Waals surface area contributed by atoms with E-state index in [-0.39, 0.29) is 0 Å². The summed E-state index contributed by atoms with van der Waals surface area (Å²) >= 11 is 0. The van der Waals surface area contributed by atoms with Crippen molar-refractivity contribution < 1.29 is 0 Å². The number of benzene rings is 2. The second-order valence-electron chi connectivity index (χ2n) is 9.33. The van der Waals surface area contributed by atoms with E-state index in [9.17, 15) is 0 Å². The molecule has 0 aliphatic heterocycles. The molecule has 1 heterocycles. The number of nitrogens with one attached hydrogen (secondary N) is 3. The molecule has 1 aromatic heterocycles. The minimum atomic E-state index is 0.490. The van der Waals surface area contributed by atoms with Gasteiger partial charge in [-0.2, -0.15) is 0 Å². The molecule has 0 spiro atoms. The Morgan fingerprint density at radius 2 is 1.64 bits per heavy atom. The first-order valence-electron chi connectivity index (χ1n) is 16.6. The fourth-order valence-corrected chi connectivity index (χ4v) is 4.63. The molecule has 0 atom stereocenters. The van der Waals surface area contributed by atoms with Gasteiger partial charge >= 0.3 is 0 Å². The zero-order valence-electron chi connectivity index (χ0n) is 29.0. The van der Waals surface area contributed by atoms with Gasteiger partial charge in [-0.3, -0.25) is 0 Å². The number of aromatic amines is 1. The van der Waals surface area contributed by atoms with Crippen LogP contribution in [0.15, 0.2) is 133 Å². The molecule has 242 valence electrons. The molecule has 0 unspecified atom stereocenters. The molecule has 0 saturated heterocycles. The van der Waals surface area contributed by atoms with Crippen molar-refractivity contribution in [1.82, 2.24) is 15.2 Å². The number of hydrogen-bond donors (Lipinski definition) is 4. The average Bonchev–Trinajstić information content (AvgIpc) is 3.64. The van der Waals surface area contributed by atoms with Gasteiger partial charge in [0, 0.05) is 49.6 Å². The first-order chi connectivity index (χ1) is 22.1. The van der Waals surface area contributed by atoms with Crippen LogP contribution < -0.4 is 16.4 Å². The van der Waals surface area contributed by atoms with Gasteiger partial charge in [-0.25, -0.2) is 0 Å². The number of para-hydroxylation sites is 1. The Morgan fingerprint density at radius 3 is 2.27 bits per heavy atom. The zero-order valence-corrected chi connectivity index (χ0v) is 29.0. The monoisotopic (exact) mass is 607 g/mol. The van der Waals surface area contributed by atoms with Gasteiger partial charge in [0.05, 0.1) is 0 Å². The number of allylic oxidation sites excluding steroid dienone is 7. The maximum absolute atomic E-state index is 5.73. The van der Waals surface area contributed by atoms with Crippen LogP contribution in [0.25, 0.3) is 11.1 Å². The number of nitrogens with two attached hydrogens (primary N) is 1. The summed E-state index contributed by atoms with van der Waals surface area (Å²) in [6.45, 7) is 22.8. The van der Waals surface area contributed by atoms with E-state index in [1.807, 2.05) is 78.2 Å². The summed E-state index contributed by atoms with van der Waals surface area (Å²) in [6.07, 6.45) is 17.6. The third kappa shape index (κ3) is 12.6. The SMILES string of the molecule is C=C(/C=C(\C=C/CN)c1cc[nH]c1)N(/C=C1/C=C(/C=C(/NCC)Nc2ccccc2)c2ccccc2C1)CC.CC.CC.CC. The van der Waals surface area contributed by atoms with E-state index < -0.39 is 0 Å². The Bertz CT molecular complexity index is 1390. The van der Waals surface area contributed by atoms with Gasteiger partial charge in [-0.05, 0) is 90.1 Å². The molecule has 4 rings (SSSR count). The lowest BCUT2D eigenvalue weighted by Gasteiger charge is -2.24. The normalized spacial score (nSPS) is 13.2. The van der Waals surface area contributed by atoms with E-state index in [2.05, 4.69) is 114 Å². The lowest BCUT2D eigenvalue weighted by molar-refractivity contribution is 0.505. The lowest BCUT2D eigenvalue weighted by Crippen LogP contribution is -2.20. The van der Waals surface area contributed by atoms with Crippen LogP contribution in [0.5, 0.6) is 0 Å². The van der Waals surface area contributed by atoms with Gasteiger partial charge < -0.3 is 26.3 Å². The molecule has 1 aliphatic carbocycles. The first-order valence-corrected chi connectivity index (χ1v) is 16.6. The Kier molecular flexibility index (Phi) is 19.7. The molecule has 1 aliphatic rings. The van der Waals surface area contributed by atoms with Crippen molar-refractivity contribution in [2.75, 3.05) is 25.0 Å². The highest BCUT2D eigenvalue weighted by molar-refractivity contribution is 5.81. The first kappa shape index (κ1) is 38.5. The predicted octanol–water partition coefficient (Wildman–Crippen LogP) is 9.91. The highest BCUT2D eigenvalue weighted by Crippen LogP contribution is 2.31. The van der Waals surface area contributed by atoms with E-state index in [1.165, 1.54) is 22.3 Å². The third-order valence-corrected chi connectivity index (χ3v) is 6.50. The maximum Gasteiger partial charge on any atom is 0.104 e. The Morgan fingerprint density at radius 1 is 0.956 bits per heavy atom. The van der Waals surface area contributed by atoms with Gasteiger partial charge in [-0.15, -0.1) is 0 Å². The minimum Gasteiger partial charge on any atom is -0.372 e. The Balaban J connectivity index is 0.00000159. The molecule has 2 aromatic carbocycles. The number of H-pyrrole nitrogens is 1. The third-order valence-electron chi connectivity index (χ3n) is 6.50. The minimum absolute atomic E-state index is 0.490. The molecule has 0 amide bonds. The van der Waals surface area contributed by atoms with Crippen LogP contribution in [0.4, 0.5) is 5.69 Å². The highest BCUT2D eigenvalue weighted by atomic mass is 15.1. The van der Waals surface area contributed by atoms with E-state index in [0.717, 1.165) is 47.9 Å². The molecule has 5 heteroatoms. The fourth-order valence-electron chi connectivity index (χ4n) is 4.63. The van der Waals surface area contributed by atoms with Crippen LogP contribution in [0.2, 0.25) is 0 Å². The second-order valence-corrected chi connectivity index (χ2v) is 9.33. The summed E-state index contributed by atoms with van der Waals surface area (Å²) in [5.74, 6) is 0.966. The molecule has 0 bridgehead atoms. The number of nitrogens with zero attached hydrogens (tertiary/aromatic N) is 1. The van der Waals surface area contributed by atoms with E-state index in [1.54, 1.807) is 0 Å². The van der Waals surface area contributed by atoms with Crippen LogP contribution in [0.1, 0.15) is 72.1 Å². The van der Waals surface area contributed by atoms with Crippen LogP contribution >= 0.6 is 0 Å². The van der Waals surface area contributed by atoms with Crippen molar-refractivity contribution in [3.05, 3.63) is 150 Å². The number of hydrogen-bond acceptors (Lipinski definition) is 4. The largest absolute Gasteiger partial charge is 0.372 e. The number of rotatable bonds is 12. The number of fused-ring (bicyclic) bond motifs is 1. The standard InChI is InChI=1S/C34H39N5.3C2H6/c1-4-37-34(38-32-14-7-6-8-15-32)23-31-22-27(21-29-12-9-10-16-33(29)31)25-39(5-2)26(3)20-28(13-11-18-35)30-17-19-36-24-30;3*1-2/h6-17,19-20,22-25,36-38H,3-5,18,21,35H2,1-2H3;3*1-2H3/b13-11-,27-25+,28-20+,34-23-;;;. The molecule has 45 heavy (non-hydrogen) atoms. The van der Waals surface area contributed by atoms with Gasteiger partial charge in [0.2, 0.25) is 0 Å². The van der Waals surface area contributed by atoms with Gasteiger partial charge in [0.15, 0.2) is 0 Å². The molecule has 0 saturated carbocycles. The van der Waals surface area contributed by atoms with E-state index in [4.69, 9.17) is 5.73 Å². The zero-order chi connectivity index (χ0) is 33.5. The summed E-state index contributed by atoms with van der Waals surface area (Å²) in [5.41, 5.74) is 14.8. The van der Waals surface area contributed by atoms with Gasteiger partial charge in [0.25, 0.3) is 0 Å². The van der Waals surface area contributed by atoms with Crippen LogP contribution in [-0.4, -0.2) is 29.5 Å². The number of anilines is 1. The Labute approximate surface area is 274 Å². The summed E-state index contributed by atoms with van der Waals surface area (Å²) in [6, 6.07) is 20.9. The predicted molar refractivity (Wildman–Crippen MR) is 201 cm³/mol. The highest BCUT2D eigenvalue weighted by Gasteiger charge is 2.16. The van der Waals surface area contributed by atoms with Gasteiger partial charge in [-0.1, -0.05) is 103 Å². The molecule has 5 N–H and O–H groups in total. The molecule has 3 aromatic rings. The lowest BCUT2D eigenvalue weighted by atomic mass is 9.88. The maximum atomic E-state index is 5.73. The number of aromatic nitrogens is 1. The Hall–Kier alpha value is -4.48. The summed E-state index contributed by atoms with van der Waals surface area (Å²) in [7, 11) is 0. The molecular formula is C40H57N5. The van der Waals surface area contributed by atoms with Crippen molar-refractivity contribution in [3.63, 3.8) is 0 Å². The smallest absolute Gasteiger partial charge is 0.104 e. The van der Waals surface area contributed by atoms with E-state index >= 15 is 0 Å². The average molecular weight is 608 g/mol. The topological polar surface area (TPSA) is 69.1 Å². The van der Waals surface area contributed by atoms with Crippen LogP contribution in [-0.2, 0) is 6.42 Å². The number of likely N-dealkylation sites (N-methyl/N-ethyl adjacent to an activating group) is 1. The van der Waals surface area contributed by atoms with E-state index in [0.29, 0.717) is 6.54 Å². The van der Waals surface area contributed by atoms with Crippen molar-refractivity contribution >= 4 is 16.8 Å². The fraction of sp³-hybridized carbons (Fsp3) is 0.300. The molecule has 0 fully saturated rings. The molecular weight excluding hydrogens is 550 g/mol. The van der Waals surface area contributed by atoms with Gasteiger partial charge in [0.1, 0.15) is 5.82 Å². The van der Waals surface area contributed by atoms with Crippen molar-refractivity contribution in [2.45, 2.75) is 61.8 Å². The summed E-state index contributed by atoms with van der Waals surface area (Å²) in [4.78, 5) is 5.34. The van der Waals surface area contributed by atoms with Crippen LogP contribution in [0.3, 0.4) is 0 Å².